The van der Waals surface area contributed by atoms with Gasteiger partial charge in [0.05, 0.1) is 24.5 Å². The Balaban J connectivity index is 2.11. The fraction of sp³-hybridized carbons (Fsp3) is 0.367. The molecule has 0 saturated carbocycles. The molecule has 2 amide bonds. The molecule has 0 aromatic heterocycles. The van der Waals surface area contributed by atoms with Crippen LogP contribution >= 0.6 is 0 Å². The zero-order valence-corrected chi connectivity index (χ0v) is 21.5. The fourth-order valence-electron chi connectivity index (χ4n) is 3.93. The van der Waals surface area contributed by atoms with E-state index < -0.39 is 23.9 Å². The average Bonchev–Trinajstić information content (AvgIpc) is 2.91. The molecule has 0 spiro atoms. The Kier molecular flexibility index (Phi) is 12.9. The van der Waals surface area contributed by atoms with Crippen molar-refractivity contribution < 1.29 is 24.2 Å². The first-order valence-electron chi connectivity index (χ1n) is 12.6. The Morgan fingerprint density at radius 3 is 2.11 bits per heavy atom. The maximum atomic E-state index is 13.2. The van der Waals surface area contributed by atoms with Crippen molar-refractivity contribution in [3.8, 4) is 0 Å². The van der Waals surface area contributed by atoms with Gasteiger partial charge in [0, 0.05) is 12.5 Å². The standard InChI is InChI=1S/C30H38N2O5/c1-4-12-25(19-28(34)31-22(3)20-33)29(35)32-27(24-16-10-7-11-17-24)21-37-30(36)26(13-5-2)18-23-14-8-6-9-15-23/h4-11,14-17,22,25-27,33H,1-2,12-13,18-21H2,3H3,(H,31,34)(H,32,35)/t22-,25-,26-,27-/m0/s1. The maximum Gasteiger partial charge on any atom is 0.309 e. The molecule has 0 unspecified atom stereocenters. The van der Waals surface area contributed by atoms with Crippen molar-refractivity contribution in [2.75, 3.05) is 13.2 Å². The van der Waals surface area contributed by atoms with Gasteiger partial charge in [-0.1, -0.05) is 72.8 Å². The molecule has 0 aliphatic heterocycles. The number of carbonyl (C=O) groups is 3. The van der Waals surface area contributed by atoms with Gasteiger partial charge in [0.2, 0.25) is 11.8 Å². The van der Waals surface area contributed by atoms with Crippen molar-refractivity contribution in [3.63, 3.8) is 0 Å². The van der Waals surface area contributed by atoms with Crippen molar-refractivity contribution >= 4 is 17.8 Å². The van der Waals surface area contributed by atoms with E-state index in [2.05, 4.69) is 23.8 Å². The van der Waals surface area contributed by atoms with Crippen LogP contribution in [0.1, 0.15) is 43.4 Å². The first-order valence-corrected chi connectivity index (χ1v) is 12.6. The predicted molar refractivity (Wildman–Crippen MR) is 144 cm³/mol. The molecule has 0 heterocycles. The number of nitrogens with one attached hydrogen (secondary N) is 2. The summed E-state index contributed by atoms with van der Waals surface area (Å²) in [5.41, 5.74) is 1.81. The summed E-state index contributed by atoms with van der Waals surface area (Å²) in [7, 11) is 0. The SMILES string of the molecule is C=CC[C@@H](CC(=O)N[C@@H](C)CO)C(=O)N[C@@H](COC(=O)[C@@H](CC=C)Cc1ccccc1)c1ccccc1. The van der Waals surface area contributed by atoms with Gasteiger partial charge in [0.25, 0.3) is 0 Å². The number of hydrogen-bond donors (Lipinski definition) is 3. The number of aliphatic hydroxyl groups is 1. The van der Waals surface area contributed by atoms with Crippen LogP contribution in [-0.2, 0) is 25.5 Å². The van der Waals surface area contributed by atoms with E-state index in [4.69, 9.17) is 4.74 Å². The number of aliphatic hydroxyl groups excluding tert-OH is 1. The van der Waals surface area contributed by atoms with Gasteiger partial charge in [-0.05, 0) is 37.3 Å². The molecule has 7 nitrogen and oxygen atoms in total. The topological polar surface area (TPSA) is 105 Å². The van der Waals surface area contributed by atoms with Gasteiger partial charge < -0.3 is 20.5 Å². The molecule has 0 fully saturated rings. The molecule has 4 atom stereocenters. The minimum atomic E-state index is -0.656. The number of hydrogen-bond acceptors (Lipinski definition) is 5. The van der Waals surface area contributed by atoms with E-state index in [-0.39, 0.29) is 37.4 Å². The van der Waals surface area contributed by atoms with Crippen LogP contribution in [0.5, 0.6) is 0 Å². The van der Waals surface area contributed by atoms with E-state index in [0.717, 1.165) is 11.1 Å². The number of benzene rings is 2. The quantitative estimate of drug-likeness (QED) is 0.237. The van der Waals surface area contributed by atoms with Crippen LogP contribution < -0.4 is 10.6 Å². The Morgan fingerprint density at radius 2 is 1.51 bits per heavy atom. The molecule has 2 aromatic carbocycles. The summed E-state index contributed by atoms with van der Waals surface area (Å²) < 4.78 is 5.71. The van der Waals surface area contributed by atoms with Crippen LogP contribution in [0.15, 0.2) is 86.0 Å². The number of esters is 1. The van der Waals surface area contributed by atoms with Crippen LogP contribution in [0.25, 0.3) is 0 Å². The number of carbonyl (C=O) groups excluding carboxylic acids is 3. The Labute approximate surface area is 219 Å². The lowest BCUT2D eigenvalue weighted by Gasteiger charge is -2.24. The van der Waals surface area contributed by atoms with Crippen molar-refractivity contribution in [3.05, 3.63) is 97.1 Å². The lowest BCUT2D eigenvalue weighted by molar-refractivity contribution is -0.150. The number of rotatable bonds is 16. The van der Waals surface area contributed by atoms with Crippen molar-refractivity contribution in [1.82, 2.24) is 10.6 Å². The number of ether oxygens (including phenoxy) is 1. The predicted octanol–water partition coefficient (Wildman–Crippen LogP) is 3.90. The molecule has 0 bridgehead atoms. The maximum absolute atomic E-state index is 13.2. The molecule has 3 N–H and O–H groups in total. The molecule has 37 heavy (non-hydrogen) atoms. The normalized spacial score (nSPS) is 13.9. The summed E-state index contributed by atoms with van der Waals surface area (Å²) in [5, 5.41) is 14.8. The van der Waals surface area contributed by atoms with Crippen LogP contribution in [0.2, 0.25) is 0 Å². The molecule has 2 rings (SSSR count). The Hall–Kier alpha value is -3.71. The summed E-state index contributed by atoms with van der Waals surface area (Å²) in [4.78, 5) is 38.5. The van der Waals surface area contributed by atoms with Gasteiger partial charge >= 0.3 is 5.97 Å². The lowest BCUT2D eigenvalue weighted by Crippen LogP contribution is -2.41. The molecular formula is C30H38N2O5. The number of amides is 2. The smallest absolute Gasteiger partial charge is 0.309 e. The van der Waals surface area contributed by atoms with Gasteiger partial charge in [-0.3, -0.25) is 14.4 Å². The molecule has 0 aliphatic rings. The second-order valence-electron chi connectivity index (χ2n) is 9.09. The zero-order chi connectivity index (χ0) is 27.0. The third-order valence-corrected chi connectivity index (χ3v) is 5.96. The molecule has 7 heteroatoms. The molecule has 0 aliphatic carbocycles. The summed E-state index contributed by atoms with van der Waals surface area (Å²) in [6.07, 6.45) is 4.53. The molecular weight excluding hydrogens is 468 g/mol. The van der Waals surface area contributed by atoms with E-state index in [1.54, 1.807) is 19.1 Å². The van der Waals surface area contributed by atoms with E-state index in [1.807, 2.05) is 60.7 Å². The van der Waals surface area contributed by atoms with Gasteiger partial charge in [-0.25, -0.2) is 0 Å². The summed E-state index contributed by atoms with van der Waals surface area (Å²) in [6, 6.07) is 18.0. The van der Waals surface area contributed by atoms with Gasteiger partial charge in [-0.15, -0.1) is 13.2 Å². The lowest BCUT2D eigenvalue weighted by atomic mass is 9.96. The molecule has 0 saturated heterocycles. The van der Waals surface area contributed by atoms with Crippen LogP contribution in [0.3, 0.4) is 0 Å². The molecule has 0 radical (unpaired) electrons. The molecule has 198 valence electrons. The minimum Gasteiger partial charge on any atom is -0.463 e. The minimum absolute atomic E-state index is 0.0500. The van der Waals surface area contributed by atoms with Crippen molar-refractivity contribution in [1.29, 1.82) is 0 Å². The summed E-state index contributed by atoms with van der Waals surface area (Å²) in [5.74, 6) is -2.09. The highest BCUT2D eigenvalue weighted by Gasteiger charge is 2.26. The highest BCUT2D eigenvalue weighted by atomic mass is 16.5. The summed E-state index contributed by atoms with van der Waals surface area (Å²) in [6.45, 7) is 8.91. The first-order chi connectivity index (χ1) is 17.9. The second-order valence-corrected chi connectivity index (χ2v) is 9.09. The monoisotopic (exact) mass is 506 g/mol. The van der Waals surface area contributed by atoms with Crippen molar-refractivity contribution in [2.45, 2.75) is 44.7 Å². The highest BCUT2D eigenvalue weighted by molar-refractivity contribution is 5.86. The fourth-order valence-corrected chi connectivity index (χ4v) is 3.93. The van der Waals surface area contributed by atoms with Gasteiger partial charge in [-0.2, -0.15) is 0 Å². The zero-order valence-electron chi connectivity index (χ0n) is 21.5. The second kappa shape index (κ2) is 16.1. The summed E-state index contributed by atoms with van der Waals surface area (Å²) >= 11 is 0. The first kappa shape index (κ1) is 29.5. The van der Waals surface area contributed by atoms with E-state index in [9.17, 15) is 19.5 Å². The Bertz CT molecular complexity index is 1010. The molecule has 2 aromatic rings. The van der Waals surface area contributed by atoms with E-state index >= 15 is 0 Å². The largest absolute Gasteiger partial charge is 0.463 e. The Morgan fingerprint density at radius 1 is 0.919 bits per heavy atom. The van der Waals surface area contributed by atoms with E-state index in [0.29, 0.717) is 19.3 Å². The van der Waals surface area contributed by atoms with Crippen LogP contribution in [0, 0.1) is 11.8 Å². The van der Waals surface area contributed by atoms with Crippen LogP contribution in [0.4, 0.5) is 0 Å². The van der Waals surface area contributed by atoms with Gasteiger partial charge in [0.1, 0.15) is 6.61 Å². The third kappa shape index (κ3) is 10.4. The van der Waals surface area contributed by atoms with Crippen LogP contribution in [-0.4, -0.2) is 42.1 Å². The number of allylic oxidation sites excluding steroid dienone is 2. The average molecular weight is 507 g/mol. The van der Waals surface area contributed by atoms with Crippen molar-refractivity contribution in [2.24, 2.45) is 11.8 Å². The van der Waals surface area contributed by atoms with Gasteiger partial charge in [0.15, 0.2) is 0 Å². The highest BCUT2D eigenvalue weighted by Crippen LogP contribution is 2.20. The third-order valence-electron chi connectivity index (χ3n) is 5.96. The van der Waals surface area contributed by atoms with E-state index in [1.165, 1.54) is 0 Å².